The van der Waals surface area contributed by atoms with Crippen molar-refractivity contribution in [2.75, 3.05) is 13.1 Å². The summed E-state index contributed by atoms with van der Waals surface area (Å²) < 4.78 is 0. The molecule has 1 aromatic rings. The molecule has 0 atom stereocenters. The van der Waals surface area contributed by atoms with E-state index >= 15 is 0 Å². The lowest BCUT2D eigenvalue weighted by atomic mass is 10.1. The van der Waals surface area contributed by atoms with E-state index in [-0.39, 0.29) is 5.91 Å². The molecule has 0 aliphatic carbocycles. The van der Waals surface area contributed by atoms with Crippen molar-refractivity contribution in [3.8, 4) is 0 Å². The number of benzene rings is 1. The Morgan fingerprint density at radius 1 is 1.24 bits per heavy atom. The molecule has 1 fully saturated rings. The van der Waals surface area contributed by atoms with Crippen molar-refractivity contribution in [2.24, 2.45) is 0 Å². The average molecular weight is 229 g/mol. The predicted molar refractivity (Wildman–Crippen MR) is 70.8 cm³/mol. The Balaban J connectivity index is 2.08. The Morgan fingerprint density at radius 2 is 1.94 bits per heavy atom. The van der Waals surface area contributed by atoms with E-state index in [1.165, 1.54) is 11.1 Å². The van der Waals surface area contributed by atoms with Crippen molar-refractivity contribution in [3.05, 3.63) is 41.0 Å². The summed E-state index contributed by atoms with van der Waals surface area (Å²) >= 11 is 0. The summed E-state index contributed by atoms with van der Waals surface area (Å²) in [4.78, 5) is 13.8. The number of amides is 1. The van der Waals surface area contributed by atoms with E-state index in [1.807, 2.05) is 11.0 Å². The van der Waals surface area contributed by atoms with Gasteiger partial charge in [-0.25, -0.2) is 0 Å². The van der Waals surface area contributed by atoms with Gasteiger partial charge in [0.15, 0.2) is 0 Å². The van der Waals surface area contributed by atoms with Crippen LogP contribution in [-0.2, 0) is 4.79 Å². The fourth-order valence-electron chi connectivity index (χ4n) is 2.14. The van der Waals surface area contributed by atoms with Gasteiger partial charge in [-0.3, -0.25) is 4.79 Å². The Bertz CT molecular complexity index is 442. The Labute approximate surface area is 103 Å². The monoisotopic (exact) mass is 229 g/mol. The van der Waals surface area contributed by atoms with Gasteiger partial charge < -0.3 is 4.90 Å². The molecule has 1 amide bonds. The fourth-order valence-corrected chi connectivity index (χ4v) is 2.14. The minimum Gasteiger partial charge on any atom is -0.339 e. The summed E-state index contributed by atoms with van der Waals surface area (Å²) in [6.07, 6.45) is 5.92. The molecule has 1 heterocycles. The third-order valence-electron chi connectivity index (χ3n) is 3.26. The molecule has 0 radical (unpaired) electrons. The molecule has 1 aliphatic heterocycles. The summed E-state index contributed by atoms with van der Waals surface area (Å²) in [7, 11) is 0. The van der Waals surface area contributed by atoms with Gasteiger partial charge in [0.05, 0.1) is 0 Å². The zero-order valence-electron chi connectivity index (χ0n) is 10.6. The quantitative estimate of drug-likeness (QED) is 0.714. The molecule has 0 N–H and O–H groups in total. The minimum atomic E-state index is 0.142. The normalized spacial score (nSPS) is 15.8. The van der Waals surface area contributed by atoms with Gasteiger partial charge in [0, 0.05) is 19.2 Å². The van der Waals surface area contributed by atoms with Crippen LogP contribution < -0.4 is 0 Å². The Hall–Kier alpha value is -1.57. The molecule has 0 bridgehead atoms. The number of hydrogen-bond acceptors (Lipinski definition) is 1. The average Bonchev–Trinajstić information content (AvgIpc) is 2.83. The number of likely N-dealkylation sites (tertiary alicyclic amines) is 1. The van der Waals surface area contributed by atoms with Gasteiger partial charge in [-0.05, 0) is 43.9 Å². The summed E-state index contributed by atoms with van der Waals surface area (Å²) in [5.41, 5.74) is 3.57. The van der Waals surface area contributed by atoms with E-state index in [2.05, 4.69) is 32.0 Å². The molecule has 2 heteroatoms. The lowest BCUT2D eigenvalue weighted by molar-refractivity contribution is -0.124. The molecule has 17 heavy (non-hydrogen) atoms. The van der Waals surface area contributed by atoms with Gasteiger partial charge >= 0.3 is 0 Å². The van der Waals surface area contributed by atoms with Crippen LogP contribution in [0.25, 0.3) is 6.08 Å². The van der Waals surface area contributed by atoms with Crippen LogP contribution in [0.5, 0.6) is 0 Å². The van der Waals surface area contributed by atoms with E-state index in [0.29, 0.717) is 0 Å². The van der Waals surface area contributed by atoms with Crippen LogP contribution in [0.4, 0.5) is 0 Å². The zero-order chi connectivity index (χ0) is 12.3. The topological polar surface area (TPSA) is 20.3 Å². The van der Waals surface area contributed by atoms with Crippen molar-refractivity contribution >= 4 is 12.0 Å². The molecule has 2 nitrogen and oxygen atoms in total. The van der Waals surface area contributed by atoms with Crippen molar-refractivity contribution in [1.82, 2.24) is 4.90 Å². The maximum Gasteiger partial charge on any atom is 0.246 e. The first-order chi connectivity index (χ1) is 8.16. The van der Waals surface area contributed by atoms with Crippen molar-refractivity contribution in [1.29, 1.82) is 0 Å². The predicted octanol–water partition coefficient (Wildman–Crippen LogP) is 2.94. The van der Waals surface area contributed by atoms with Gasteiger partial charge in [-0.15, -0.1) is 0 Å². The van der Waals surface area contributed by atoms with E-state index in [1.54, 1.807) is 6.08 Å². The number of carbonyl (C=O) groups is 1. The SMILES string of the molecule is Cc1ccc(C)c(C=CC(=O)N2CCCC2)c1. The molecule has 1 saturated heterocycles. The molecule has 1 aromatic carbocycles. The third-order valence-corrected chi connectivity index (χ3v) is 3.26. The number of nitrogens with zero attached hydrogens (tertiary/aromatic N) is 1. The largest absolute Gasteiger partial charge is 0.339 e. The first-order valence-corrected chi connectivity index (χ1v) is 6.21. The summed E-state index contributed by atoms with van der Waals surface area (Å²) in [5.74, 6) is 0.142. The molecular formula is C15H19NO. The fraction of sp³-hybridized carbons (Fsp3) is 0.400. The number of rotatable bonds is 2. The highest BCUT2D eigenvalue weighted by Gasteiger charge is 2.14. The first kappa shape index (κ1) is 11.9. The highest BCUT2D eigenvalue weighted by atomic mass is 16.2. The lowest BCUT2D eigenvalue weighted by Gasteiger charge is -2.11. The Morgan fingerprint density at radius 3 is 2.65 bits per heavy atom. The van der Waals surface area contributed by atoms with Gasteiger partial charge in [-0.1, -0.05) is 23.8 Å². The molecule has 1 aliphatic rings. The Kier molecular flexibility index (Phi) is 3.62. The van der Waals surface area contributed by atoms with Crippen molar-refractivity contribution in [3.63, 3.8) is 0 Å². The molecule has 0 saturated carbocycles. The van der Waals surface area contributed by atoms with Gasteiger partial charge in [0.1, 0.15) is 0 Å². The van der Waals surface area contributed by atoms with E-state index in [9.17, 15) is 4.79 Å². The molecule has 0 aromatic heterocycles. The van der Waals surface area contributed by atoms with E-state index < -0.39 is 0 Å². The molecule has 90 valence electrons. The van der Waals surface area contributed by atoms with Crippen molar-refractivity contribution in [2.45, 2.75) is 26.7 Å². The second kappa shape index (κ2) is 5.17. The molecular weight excluding hydrogens is 210 g/mol. The van der Waals surface area contributed by atoms with Crippen LogP contribution in [0.2, 0.25) is 0 Å². The minimum absolute atomic E-state index is 0.142. The second-order valence-electron chi connectivity index (χ2n) is 4.73. The maximum atomic E-state index is 11.9. The lowest BCUT2D eigenvalue weighted by Crippen LogP contribution is -2.25. The number of carbonyl (C=O) groups excluding carboxylic acids is 1. The van der Waals surface area contributed by atoms with Crippen LogP contribution >= 0.6 is 0 Å². The van der Waals surface area contributed by atoms with Crippen LogP contribution in [0.3, 0.4) is 0 Å². The standard InChI is InChI=1S/C15H19NO/c1-12-5-6-13(2)14(11-12)7-8-15(17)16-9-3-4-10-16/h5-8,11H,3-4,9-10H2,1-2H3. The number of hydrogen-bond donors (Lipinski definition) is 0. The van der Waals surface area contributed by atoms with Crippen LogP contribution in [-0.4, -0.2) is 23.9 Å². The summed E-state index contributed by atoms with van der Waals surface area (Å²) in [5, 5.41) is 0. The first-order valence-electron chi connectivity index (χ1n) is 6.21. The number of aryl methyl sites for hydroxylation is 2. The van der Waals surface area contributed by atoms with Crippen LogP contribution in [0.15, 0.2) is 24.3 Å². The molecule has 0 spiro atoms. The van der Waals surface area contributed by atoms with Gasteiger partial charge in [0.25, 0.3) is 0 Å². The van der Waals surface area contributed by atoms with E-state index in [4.69, 9.17) is 0 Å². The highest BCUT2D eigenvalue weighted by Crippen LogP contribution is 2.13. The van der Waals surface area contributed by atoms with Crippen molar-refractivity contribution < 1.29 is 4.79 Å². The van der Waals surface area contributed by atoms with E-state index in [0.717, 1.165) is 31.5 Å². The highest BCUT2D eigenvalue weighted by molar-refractivity contribution is 5.92. The smallest absolute Gasteiger partial charge is 0.246 e. The maximum absolute atomic E-state index is 11.9. The van der Waals surface area contributed by atoms with Gasteiger partial charge in [-0.2, -0.15) is 0 Å². The molecule has 0 unspecified atom stereocenters. The summed E-state index contributed by atoms with van der Waals surface area (Å²) in [6.45, 7) is 5.96. The second-order valence-corrected chi connectivity index (χ2v) is 4.73. The summed E-state index contributed by atoms with van der Waals surface area (Å²) in [6, 6.07) is 6.30. The van der Waals surface area contributed by atoms with Crippen LogP contribution in [0, 0.1) is 13.8 Å². The zero-order valence-corrected chi connectivity index (χ0v) is 10.6. The third kappa shape index (κ3) is 2.96. The van der Waals surface area contributed by atoms with Gasteiger partial charge in [0.2, 0.25) is 5.91 Å². The molecule has 2 rings (SSSR count). The van der Waals surface area contributed by atoms with Crippen LogP contribution in [0.1, 0.15) is 29.5 Å².